The number of halogens is 6. The van der Waals surface area contributed by atoms with Crippen molar-refractivity contribution < 1.29 is 31.5 Å². The van der Waals surface area contributed by atoms with Crippen LogP contribution in [0.3, 0.4) is 0 Å². The zero-order valence-electron chi connectivity index (χ0n) is 20.9. The van der Waals surface area contributed by atoms with Crippen LogP contribution in [0.2, 0.25) is 4.34 Å². The number of ether oxygens (including phenoxy) is 1. The highest BCUT2D eigenvalue weighted by molar-refractivity contribution is 7.99. The van der Waals surface area contributed by atoms with Crippen molar-refractivity contribution in [2.75, 3.05) is 12.9 Å². The van der Waals surface area contributed by atoms with Crippen LogP contribution in [0.4, 0.5) is 22.0 Å². The van der Waals surface area contributed by atoms with Gasteiger partial charge in [0.25, 0.3) is 5.56 Å². The van der Waals surface area contributed by atoms with Gasteiger partial charge in [0, 0.05) is 23.3 Å². The van der Waals surface area contributed by atoms with E-state index in [1.54, 1.807) is 6.07 Å². The molecule has 0 spiro atoms. The second-order valence-corrected chi connectivity index (χ2v) is 11.7. The average molecular weight is 612 g/mol. The zero-order valence-corrected chi connectivity index (χ0v) is 23.3. The molecule has 1 aliphatic heterocycles. The molecule has 1 aliphatic rings. The number of rotatable bonds is 6. The molecule has 1 atom stereocenters. The topological polar surface area (TPSA) is 48.3 Å². The average Bonchev–Trinajstić information content (AvgIpc) is 3.54. The number of carbonyl (C=O) groups excluding carboxylic acids is 1. The minimum absolute atomic E-state index is 0.101. The number of benzene rings is 2. The van der Waals surface area contributed by atoms with E-state index in [9.17, 15) is 27.2 Å². The van der Waals surface area contributed by atoms with E-state index in [0.29, 0.717) is 9.21 Å². The summed E-state index contributed by atoms with van der Waals surface area (Å²) in [5.74, 6) is -2.39. The number of aromatic nitrogens is 1. The molecule has 3 heterocycles. The maximum absolute atomic E-state index is 15.5. The number of methoxy groups -OCH3 is 1. The lowest BCUT2D eigenvalue weighted by molar-refractivity contribution is -0.138. The van der Waals surface area contributed by atoms with E-state index in [0.717, 1.165) is 41.3 Å². The van der Waals surface area contributed by atoms with E-state index in [4.69, 9.17) is 16.3 Å². The molecule has 0 fully saturated rings. The summed E-state index contributed by atoms with van der Waals surface area (Å²) in [6, 6.07) is 8.90. The van der Waals surface area contributed by atoms with Crippen LogP contribution in [0, 0.1) is 18.6 Å². The predicted octanol–water partition coefficient (Wildman–Crippen LogP) is 7.96. The SMILES string of the molecule is COc1cccc(-c2c(C)c(Cc3c(F)cccc3C(F)(F)F)c3n(c2=O)C(C(=O)c2ccc(Cl)s2)CS3)c1F. The van der Waals surface area contributed by atoms with Crippen LogP contribution in [-0.4, -0.2) is 23.2 Å². The largest absolute Gasteiger partial charge is 0.494 e. The van der Waals surface area contributed by atoms with Crippen molar-refractivity contribution in [2.24, 2.45) is 0 Å². The van der Waals surface area contributed by atoms with Gasteiger partial charge in [0.1, 0.15) is 11.9 Å². The summed E-state index contributed by atoms with van der Waals surface area (Å²) in [5, 5.41) is 0.229. The fraction of sp³-hybridized carbons (Fsp3) is 0.214. The normalized spacial score (nSPS) is 14.8. The molecule has 4 aromatic rings. The Labute approximate surface area is 238 Å². The van der Waals surface area contributed by atoms with Crippen molar-refractivity contribution in [3.63, 3.8) is 0 Å². The van der Waals surface area contributed by atoms with E-state index in [2.05, 4.69) is 0 Å². The summed E-state index contributed by atoms with van der Waals surface area (Å²) in [7, 11) is 1.25. The maximum atomic E-state index is 15.5. The fourth-order valence-electron chi connectivity index (χ4n) is 4.87. The molecule has 0 aliphatic carbocycles. The standard InChI is InChI=1S/C28H19ClF5NO3S2/c1-13-15(11-16-17(28(32,33)34)6-4-7-18(16)30)27-35(19(12-39-27)25(36)21-9-10-22(29)40-21)26(37)23(13)14-5-3-8-20(38-2)24(14)31/h3-10,19H,11-12H2,1-2H3. The van der Waals surface area contributed by atoms with Gasteiger partial charge in [-0.25, -0.2) is 8.78 Å². The summed E-state index contributed by atoms with van der Waals surface area (Å²) in [6.45, 7) is 1.48. The van der Waals surface area contributed by atoms with E-state index >= 15 is 4.39 Å². The van der Waals surface area contributed by atoms with Crippen LogP contribution in [-0.2, 0) is 12.6 Å². The number of thiophene rings is 1. The molecule has 40 heavy (non-hydrogen) atoms. The van der Waals surface area contributed by atoms with Crippen LogP contribution >= 0.6 is 34.7 Å². The van der Waals surface area contributed by atoms with E-state index in [-0.39, 0.29) is 38.8 Å². The number of hydrogen-bond acceptors (Lipinski definition) is 5. The van der Waals surface area contributed by atoms with Crippen molar-refractivity contribution in [1.29, 1.82) is 0 Å². The number of carbonyl (C=O) groups is 1. The number of hydrogen-bond donors (Lipinski definition) is 0. The molecule has 1 unspecified atom stereocenters. The monoisotopic (exact) mass is 611 g/mol. The smallest absolute Gasteiger partial charge is 0.416 e. The Bertz CT molecular complexity index is 1710. The van der Waals surface area contributed by atoms with Crippen molar-refractivity contribution in [1.82, 2.24) is 4.57 Å². The molecule has 0 amide bonds. The molecule has 2 aromatic carbocycles. The third-order valence-electron chi connectivity index (χ3n) is 6.78. The van der Waals surface area contributed by atoms with Crippen molar-refractivity contribution in [3.05, 3.63) is 102 Å². The number of nitrogens with zero attached hydrogens (tertiary/aromatic N) is 1. The van der Waals surface area contributed by atoms with E-state index in [1.165, 1.54) is 42.9 Å². The Kier molecular flexibility index (Phi) is 7.58. The van der Waals surface area contributed by atoms with Crippen LogP contribution in [0.5, 0.6) is 5.75 Å². The zero-order chi connectivity index (χ0) is 28.9. The van der Waals surface area contributed by atoms with Crippen molar-refractivity contribution in [2.45, 2.75) is 30.6 Å². The van der Waals surface area contributed by atoms with Gasteiger partial charge in [-0.3, -0.25) is 14.2 Å². The first-order valence-corrected chi connectivity index (χ1v) is 14.0. The molecule has 5 rings (SSSR count). The molecule has 4 nitrogen and oxygen atoms in total. The van der Waals surface area contributed by atoms with Gasteiger partial charge in [0.15, 0.2) is 17.3 Å². The number of alkyl halides is 3. The first-order valence-electron chi connectivity index (χ1n) is 11.8. The first kappa shape index (κ1) is 28.4. The Hall–Kier alpha value is -3.15. The highest BCUT2D eigenvalue weighted by Crippen LogP contribution is 2.43. The van der Waals surface area contributed by atoms with E-state index in [1.807, 2.05) is 0 Å². The number of thioether (sulfide) groups is 1. The van der Waals surface area contributed by atoms with Gasteiger partial charge < -0.3 is 4.74 Å². The Morgan fingerprint density at radius 3 is 2.48 bits per heavy atom. The molecule has 0 N–H and O–H groups in total. The molecule has 0 radical (unpaired) electrons. The predicted molar refractivity (Wildman–Crippen MR) is 145 cm³/mol. The van der Waals surface area contributed by atoms with Gasteiger partial charge in [-0.05, 0) is 48.4 Å². The molecule has 0 saturated heterocycles. The Balaban J connectivity index is 1.79. The molecule has 0 saturated carbocycles. The highest BCUT2D eigenvalue weighted by atomic mass is 35.5. The number of ketones is 1. The minimum atomic E-state index is -4.84. The minimum Gasteiger partial charge on any atom is -0.494 e. The second kappa shape index (κ2) is 10.7. The lowest BCUT2D eigenvalue weighted by atomic mass is 9.92. The lowest BCUT2D eigenvalue weighted by Gasteiger charge is -2.21. The summed E-state index contributed by atoms with van der Waals surface area (Å²) in [5.41, 5.74) is -2.39. The highest BCUT2D eigenvalue weighted by Gasteiger charge is 2.38. The van der Waals surface area contributed by atoms with Gasteiger partial charge in [-0.15, -0.1) is 23.1 Å². The maximum Gasteiger partial charge on any atom is 0.416 e. The van der Waals surface area contributed by atoms with Gasteiger partial charge in [0.05, 0.1) is 32.5 Å². The fourth-order valence-corrected chi connectivity index (χ4v) is 7.27. The van der Waals surface area contributed by atoms with Crippen molar-refractivity contribution in [3.8, 4) is 16.9 Å². The third-order valence-corrected chi connectivity index (χ3v) is 9.22. The third kappa shape index (κ3) is 4.84. The summed E-state index contributed by atoms with van der Waals surface area (Å²) >= 11 is 8.14. The molecular weight excluding hydrogens is 593 g/mol. The molecule has 12 heteroatoms. The Morgan fingerprint density at radius 1 is 1.10 bits per heavy atom. The van der Waals surface area contributed by atoms with Crippen LogP contribution in [0.25, 0.3) is 11.1 Å². The van der Waals surface area contributed by atoms with Gasteiger partial charge in [-0.2, -0.15) is 13.2 Å². The van der Waals surface area contributed by atoms with Crippen LogP contribution in [0.15, 0.2) is 58.4 Å². The van der Waals surface area contributed by atoms with Gasteiger partial charge >= 0.3 is 6.18 Å². The van der Waals surface area contributed by atoms with E-state index < -0.39 is 52.7 Å². The molecular formula is C28H19ClF5NO3S2. The second-order valence-electron chi connectivity index (χ2n) is 9.02. The quantitative estimate of drug-likeness (QED) is 0.164. The molecule has 0 bridgehead atoms. The number of pyridine rings is 1. The summed E-state index contributed by atoms with van der Waals surface area (Å²) in [4.78, 5) is 27.7. The van der Waals surface area contributed by atoms with Crippen LogP contribution < -0.4 is 10.3 Å². The number of Topliss-reactive ketones (excluding diaryl/α,β-unsaturated/α-hetero) is 1. The van der Waals surface area contributed by atoms with Gasteiger partial charge in [0.2, 0.25) is 0 Å². The summed E-state index contributed by atoms with van der Waals surface area (Å²) in [6.07, 6.45) is -5.38. The Morgan fingerprint density at radius 2 is 1.82 bits per heavy atom. The van der Waals surface area contributed by atoms with Gasteiger partial charge in [-0.1, -0.05) is 29.8 Å². The lowest BCUT2D eigenvalue weighted by Crippen LogP contribution is -2.31. The first-order chi connectivity index (χ1) is 18.9. The molecule has 208 valence electrons. The summed E-state index contributed by atoms with van der Waals surface area (Å²) < 4.78 is 78.6. The number of fused-ring (bicyclic) bond motifs is 1. The van der Waals surface area contributed by atoms with Crippen LogP contribution in [0.1, 0.15) is 38.0 Å². The van der Waals surface area contributed by atoms with Crippen molar-refractivity contribution >= 4 is 40.5 Å². The molecule has 2 aromatic heterocycles.